The van der Waals surface area contributed by atoms with Crippen molar-refractivity contribution in [1.29, 1.82) is 0 Å². The molecule has 1 heterocycles. The van der Waals surface area contributed by atoms with Gasteiger partial charge in [-0.05, 0) is 13.8 Å². The molecule has 0 aliphatic rings. The Morgan fingerprint density at radius 3 is 2.71 bits per heavy atom. The molecule has 0 saturated carbocycles. The van der Waals surface area contributed by atoms with Crippen molar-refractivity contribution in [2.24, 2.45) is 0 Å². The van der Waals surface area contributed by atoms with E-state index >= 15 is 0 Å². The molecule has 1 aromatic rings. The molecule has 94 valence electrons. The van der Waals surface area contributed by atoms with Crippen molar-refractivity contribution in [2.45, 2.75) is 32.4 Å². The Labute approximate surface area is 97.5 Å². The first-order valence-electron chi connectivity index (χ1n) is 5.04. The van der Waals surface area contributed by atoms with Gasteiger partial charge in [0.2, 0.25) is 0 Å². The highest BCUT2D eigenvalue weighted by Gasteiger charge is 2.20. The number of rotatable bonds is 5. The van der Waals surface area contributed by atoms with Gasteiger partial charge in [-0.15, -0.1) is 0 Å². The molecule has 0 bridgehead atoms. The molecule has 1 amide bonds. The zero-order chi connectivity index (χ0) is 13.0. The number of aliphatic hydroxyl groups excluding tert-OH is 1. The van der Waals surface area contributed by atoms with Crippen molar-refractivity contribution in [1.82, 2.24) is 10.3 Å². The third kappa shape index (κ3) is 3.87. The van der Waals surface area contributed by atoms with E-state index in [-0.39, 0.29) is 12.3 Å². The van der Waals surface area contributed by atoms with E-state index in [0.29, 0.717) is 5.76 Å². The van der Waals surface area contributed by atoms with Crippen molar-refractivity contribution in [3.63, 3.8) is 0 Å². The third-order valence-electron chi connectivity index (χ3n) is 2.05. The Hall–Kier alpha value is -1.89. The van der Waals surface area contributed by atoms with Gasteiger partial charge in [-0.3, -0.25) is 4.79 Å². The molecule has 1 rings (SSSR count). The summed E-state index contributed by atoms with van der Waals surface area (Å²) in [5, 5.41) is 20.1. The fourth-order valence-corrected chi connectivity index (χ4v) is 1.24. The number of hydrogen-bond donors (Lipinski definition) is 3. The maximum absolute atomic E-state index is 11.5. The number of aryl methyl sites for hydroxylation is 1. The van der Waals surface area contributed by atoms with Gasteiger partial charge in [0, 0.05) is 12.5 Å². The Balaban J connectivity index is 2.49. The topological polar surface area (TPSA) is 113 Å². The molecule has 0 saturated heterocycles. The average molecular weight is 242 g/mol. The van der Waals surface area contributed by atoms with Crippen LogP contribution < -0.4 is 5.32 Å². The molecule has 0 spiro atoms. The summed E-state index contributed by atoms with van der Waals surface area (Å²) in [7, 11) is 0. The van der Waals surface area contributed by atoms with E-state index in [9.17, 15) is 9.59 Å². The van der Waals surface area contributed by atoms with E-state index in [0.717, 1.165) is 0 Å². The van der Waals surface area contributed by atoms with E-state index in [2.05, 4.69) is 10.3 Å². The largest absolute Gasteiger partial charge is 0.479 e. The van der Waals surface area contributed by atoms with Gasteiger partial charge < -0.3 is 19.9 Å². The standard InChI is InChI=1S/C10H14N2O5/c1-5(3-7(13)10(15)16)12-8(14)9-11-4-6(2)17-9/h4-5,7,13H,3H2,1-2H3,(H,12,14)(H,15,16). The Bertz CT molecular complexity index is 415. The van der Waals surface area contributed by atoms with E-state index in [1.165, 1.54) is 6.20 Å². The third-order valence-corrected chi connectivity index (χ3v) is 2.05. The highest BCUT2D eigenvalue weighted by molar-refractivity contribution is 5.89. The molecule has 1 aromatic heterocycles. The van der Waals surface area contributed by atoms with Gasteiger partial charge in [0.05, 0.1) is 6.20 Å². The average Bonchev–Trinajstić information content (AvgIpc) is 2.64. The first kappa shape index (κ1) is 13.2. The number of carboxylic acids is 1. The smallest absolute Gasteiger partial charge is 0.332 e. The normalized spacial score (nSPS) is 14.1. The van der Waals surface area contributed by atoms with E-state index < -0.39 is 24.0 Å². The van der Waals surface area contributed by atoms with Crippen LogP contribution in [0.3, 0.4) is 0 Å². The lowest BCUT2D eigenvalue weighted by Crippen LogP contribution is -2.37. The molecule has 0 radical (unpaired) electrons. The van der Waals surface area contributed by atoms with E-state index in [1.54, 1.807) is 13.8 Å². The predicted molar refractivity (Wildman–Crippen MR) is 56.4 cm³/mol. The molecule has 17 heavy (non-hydrogen) atoms. The monoisotopic (exact) mass is 242 g/mol. The number of nitrogens with zero attached hydrogens (tertiary/aromatic N) is 1. The summed E-state index contributed by atoms with van der Waals surface area (Å²) in [6.07, 6.45) is -0.177. The van der Waals surface area contributed by atoms with Crippen molar-refractivity contribution in [2.75, 3.05) is 0 Å². The minimum Gasteiger partial charge on any atom is -0.479 e. The van der Waals surface area contributed by atoms with Crippen LogP contribution in [-0.2, 0) is 4.79 Å². The molecule has 0 aliphatic heterocycles. The molecule has 7 heteroatoms. The molecule has 2 atom stereocenters. The van der Waals surface area contributed by atoms with Crippen molar-refractivity contribution in [3.05, 3.63) is 17.8 Å². The van der Waals surface area contributed by atoms with Crippen LogP contribution in [0.1, 0.15) is 29.8 Å². The van der Waals surface area contributed by atoms with Crippen LogP contribution >= 0.6 is 0 Å². The lowest BCUT2D eigenvalue weighted by molar-refractivity contribution is -0.147. The van der Waals surface area contributed by atoms with Gasteiger partial charge in [0.25, 0.3) is 5.89 Å². The molecule has 0 aliphatic carbocycles. The van der Waals surface area contributed by atoms with Crippen molar-refractivity contribution < 1.29 is 24.2 Å². The number of carbonyl (C=O) groups is 2. The minimum atomic E-state index is -1.50. The van der Waals surface area contributed by atoms with Gasteiger partial charge >= 0.3 is 11.9 Å². The van der Waals surface area contributed by atoms with Crippen LogP contribution in [0.15, 0.2) is 10.6 Å². The second-order valence-electron chi connectivity index (χ2n) is 3.74. The van der Waals surface area contributed by atoms with Crippen molar-refractivity contribution >= 4 is 11.9 Å². The predicted octanol–water partition coefficient (Wildman–Crippen LogP) is -0.0631. The van der Waals surface area contributed by atoms with Gasteiger partial charge in [-0.2, -0.15) is 0 Å². The van der Waals surface area contributed by atoms with Gasteiger partial charge in [-0.25, -0.2) is 9.78 Å². The van der Waals surface area contributed by atoms with Crippen LogP contribution in [0.4, 0.5) is 0 Å². The van der Waals surface area contributed by atoms with E-state index in [4.69, 9.17) is 14.6 Å². The number of amides is 1. The second-order valence-corrected chi connectivity index (χ2v) is 3.74. The van der Waals surface area contributed by atoms with Crippen molar-refractivity contribution in [3.8, 4) is 0 Å². The quantitative estimate of drug-likeness (QED) is 0.666. The molecule has 3 N–H and O–H groups in total. The van der Waals surface area contributed by atoms with Gasteiger partial charge in [0.15, 0.2) is 6.10 Å². The summed E-state index contributed by atoms with van der Waals surface area (Å²) in [5.74, 6) is -1.44. The number of hydrogen-bond acceptors (Lipinski definition) is 5. The molecule has 7 nitrogen and oxygen atoms in total. The van der Waals surface area contributed by atoms with Crippen LogP contribution in [-0.4, -0.2) is 39.2 Å². The maximum atomic E-state index is 11.5. The summed E-state index contributed by atoms with van der Waals surface area (Å²) in [6.45, 7) is 3.24. The molecule has 2 unspecified atom stereocenters. The highest BCUT2D eigenvalue weighted by Crippen LogP contribution is 2.03. The minimum absolute atomic E-state index is 0.0826. The van der Waals surface area contributed by atoms with Gasteiger partial charge in [-0.1, -0.05) is 0 Å². The highest BCUT2D eigenvalue weighted by atomic mass is 16.4. The number of aromatic nitrogens is 1. The summed E-state index contributed by atoms with van der Waals surface area (Å²) in [5.41, 5.74) is 0. The zero-order valence-corrected chi connectivity index (χ0v) is 9.51. The van der Waals surface area contributed by atoms with Crippen LogP contribution in [0.5, 0.6) is 0 Å². The summed E-state index contributed by atoms with van der Waals surface area (Å²) < 4.78 is 5.00. The molecule has 0 fully saturated rings. The Kier molecular flexibility index (Phi) is 4.22. The SMILES string of the molecule is Cc1cnc(C(=O)NC(C)CC(O)C(=O)O)o1. The number of oxazole rings is 1. The fraction of sp³-hybridized carbons (Fsp3) is 0.500. The van der Waals surface area contributed by atoms with E-state index in [1.807, 2.05) is 0 Å². The van der Waals surface area contributed by atoms with Crippen LogP contribution in [0.25, 0.3) is 0 Å². The Morgan fingerprint density at radius 2 is 2.24 bits per heavy atom. The zero-order valence-electron chi connectivity index (χ0n) is 9.51. The maximum Gasteiger partial charge on any atom is 0.332 e. The lowest BCUT2D eigenvalue weighted by Gasteiger charge is -2.14. The summed E-state index contributed by atoms with van der Waals surface area (Å²) in [4.78, 5) is 25.6. The summed E-state index contributed by atoms with van der Waals surface area (Å²) >= 11 is 0. The van der Waals surface area contributed by atoms with Crippen LogP contribution in [0.2, 0.25) is 0 Å². The molecular weight excluding hydrogens is 228 g/mol. The Morgan fingerprint density at radius 1 is 1.59 bits per heavy atom. The van der Waals surface area contributed by atoms with Gasteiger partial charge in [0.1, 0.15) is 5.76 Å². The lowest BCUT2D eigenvalue weighted by atomic mass is 10.1. The first-order chi connectivity index (χ1) is 7.90. The molecular formula is C10H14N2O5. The number of nitrogens with one attached hydrogen (secondary N) is 1. The fourth-order valence-electron chi connectivity index (χ4n) is 1.24. The van der Waals surface area contributed by atoms with Crippen LogP contribution in [0, 0.1) is 6.92 Å². The number of carboxylic acid groups (broad SMARTS) is 1. The molecule has 0 aromatic carbocycles. The first-order valence-corrected chi connectivity index (χ1v) is 5.04. The second kappa shape index (κ2) is 5.44. The number of aliphatic carboxylic acids is 1. The number of aliphatic hydroxyl groups is 1. The summed E-state index contributed by atoms with van der Waals surface area (Å²) in [6, 6.07) is -0.499. The number of carbonyl (C=O) groups excluding carboxylic acids is 1.